The molecule has 2 heterocycles. The largest absolute Gasteiger partial charge is 0.339 e. The van der Waals surface area contributed by atoms with Gasteiger partial charge in [-0.2, -0.15) is 9.29 Å². The Bertz CT molecular complexity index is 1110. The Morgan fingerprint density at radius 3 is 2.31 bits per heavy atom. The van der Waals surface area contributed by atoms with Crippen LogP contribution in [0.25, 0.3) is 11.4 Å². The first-order valence-corrected chi connectivity index (χ1v) is 11.3. The normalized spacial score (nSPS) is 16.2. The predicted molar refractivity (Wildman–Crippen MR) is 111 cm³/mol. The number of nitrogens with zero attached hydrogens (tertiary/aromatic N) is 3. The minimum atomic E-state index is -3.48. The molecule has 1 aliphatic rings. The van der Waals surface area contributed by atoms with Crippen LogP contribution in [-0.4, -0.2) is 36.0 Å². The van der Waals surface area contributed by atoms with Gasteiger partial charge in [0.1, 0.15) is 0 Å². The van der Waals surface area contributed by atoms with Crippen molar-refractivity contribution in [2.45, 2.75) is 44.4 Å². The molecule has 2 aromatic carbocycles. The van der Waals surface area contributed by atoms with Crippen molar-refractivity contribution in [3.05, 3.63) is 65.0 Å². The van der Waals surface area contributed by atoms with Crippen molar-refractivity contribution in [1.82, 2.24) is 14.4 Å². The van der Waals surface area contributed by atoms with Crippen LogP contribution in [0.3, 0.4) is 0 Å². The fourth-order valence-corrected chi connectivity index (χ4v) is 5.14. The first-order chi connectivity index (χ1) is 13.8. The summed E-state index contributed by atoms with van der Waals surface area (Å²) < 4.78 is 33.0. The van der Waals surface area contributed by atoms with Gasteiger partial charge >= 0.3 is 0 Å². The number of benzene rings is 2. The van der Waals surface area contributed by atoms with Crippen LogP contribution >= 0.6 is 0 Å². The van der Waals surface area contributed by atoms with Gasteiger partial charge in [0.05, 0.1) is 4.90 Å². The number of rotatable bonds is 4. The van der Waals surface area contributed by atoms with E-state index in [9.17, 15) is 8.42 Å². The highest BCUT2D eigenvalue weighted by Crippen LogP contribution is 2.31. The molecule has 6 nitrogen and oxygen atoms in total. The first kappa shape index (κ1) is 19.8. The molecule has 0 amide bonds. The molecule has 0 radical (unpaired) electrons. The molecule has 1 aromatic heterocycles. The number of sulfonamides is 1. The summed E-state index contributed by atoms with van der Waals surface area (Å²) in [5.74, 6) is 1.24. The van der Waals surface area contributed by atoms with E-state index in [0.717, 1.165) is 16.7 Å². The lowest BCUT2D eigenvalue weighted by molar-refractivity contribution is 0.271. The monoisotopic (exact) mass is 411 g/mol. The van der Waals surface area contributed by atoms with Crippen LogP contribution in [0.5, 0.6) is 0 Å². The van der Waals surface area contributed by atoms with Crippen LogP contribution in [0.1, 0.15) is 41.3 Å². The highest BCUT2D eigenvalue weighted by atomic mass is 32.2. The van der Waals surface area contributed by atoms with Gasteiger partial charge in [0.2, 0.25) is 21.7 Å². The van der Waals surface area contributed by atoms with Gasteiger partial charge < -0.3 is 4.52 Å². The molecule has 0 N–H and O–H groups in total. The molecule has 7 heteroatoms. The SMILES string of the molecule is Cc1ccc(-c2noc(C3CCN(S(=O)(=O)c4ccc(C)c(C)c4)CC3)n2)cc1. The van der Waals surface area contributed by atoms with Gasteiger partial charge in [-0.25, -0.2) is 8.42 Å². The summed E-state index contributed by atoms with van der Waals surface area (Å²) in [5.41, 5.74) is 4.16. The van der Waals surface area contributed by atoms with Gasteiger partial charge in [-0.3, -0.25) is 0 Å². The standard InChI is InChI=1S/C22H25N3O3S/c1-15-4-7-18(8-5-15)21-23-22(28-24-21)19-10-12-25(13-11-19)29(26,27)20-9-6-16(2)17(3)14-20/h4-9,14,19H,10-13H2,1-3H3. The Balaban J connectivity index is 1.45. The van der Waals surface area contributed by atoms with Crippen LogP contribution in [0.2, 0.25) is 0 Å². The molecule has 4 rings (SSSR count). The molecule has 0 saturated carbocycles. The second kappa shape index (κ2) is 7.72. The second-order valence-corrected chi connectivity index (χ2v) is 9.68. The van der Waals surface area contributed by atoms with Crippen LogP contribution in [-0.2, 0) is 10.0 Å². The lowest BCUT2D eigenvalue weighted by atomic mass is 9.98. The Morgan fingerprint density at radius 2 is 1.66 bits per heavy atom. The molecule has 0 atom stereocenters. The molecule has 0 aliphatic carbocycles. The Labute approximate surface area is 171 Å². The van der Waals surface area contributed by atoms with Crippen molar-refractivity contribution in [3.8, 4) is 11.4 Å². The third kappa shape index (κ3) is 3.97. The molecule has 0 bridgehead atoms. The third-order valence-corrected chi connectivity index (χ3v) is 7.57. The van der Waals surface area contributed by atoms with Crippen molar-refractivity contribution < 1.29 is 12.9 Å². The number of piperidine rings is 1. The molecule has 29 heavy (non-hydrogen) atoms. The molecule has 1 saturated heterocycles. The summed E-state index contributed by atoms with van der Waals surface area (Å²) in [6, 6.07) is 13.3. The highest BCUT2D eigenvalue weighted by Gasteiger charge is 2.32. The number of aromatic nitrogens is 2. The zero-order valence-electron chi connectivity index (χ0n) is 16.9. The second-order valence-electron chi connectivity index (χ2n) is 7.75. The summed E-state index contributed by atoms with van der Waals surface area (Å²) in [6.45, 7) is 6.84. The molecule has 152 valence electrons. The van der Waals surface area contributed by atoms with Crippen LogP contribution in [0, 0.1) is 20.8 Å². The van der Waals surface area contributed by atoms with Crippen molar-refractivity contribution in [1.29, 1.82) is 0 Å². The van der Waals surface area contributed by atoms with Gasteiger partial charge in [-0.05, 0) is 56.9 Å². The molecule has 1 fully saturated rings. The van der Waals surface area contributed by atoms with E-state index in [0.29, 0.717) is 42.5 Å². The minimum Gasteiger partial charge on any atom is -0.339 e. The van der Waals surface area contributed by atoms with Gasteiger partial charge in [-0.15, -0.1) is 0 Å². The van der Waals surface area contributed by atoms with E-state index >= 15 is 0 Å². The maximum Gasteiger partial charge on any atom is 0.243 e. The van der Waals surface area contributed by atoms with Crippen molar-refractivity contribution in [2.24, 2.45) is 0 Å². The number of aryl methyl sites for hydroxylation is 3. The quantitative estimate of drug-likeness (QED) is 0.642. The van der Waals surface area contributed by atoms with Crippen molar-refractivity contribution >= 4 is 10.0 Å². The van der Waals surface area contributed by atoms with Crippen LogP contribution < -0.4 is 0 Å². The molecule has 3 aromatic rings. The van der Waals surface area contributed by atoms with Crippen molar-refractivity contribution in [3.63, 3.8) is 0 Å². The molecule has 0 spiro atoms. The predicted octanol–water partition coefficient (Wildman–Crippen LogP) is 4.23. The molecular formula is C22H25N3O3S. The minimum absolute atomic E-state index is 0.0768. The van der Waals surface area contributed by atoms with E-state index in [4.69, 9.17) is 4.52 Å². The molecular weight excluding hydrogens is 386 g/mol. The van der Waals surface area contributed by atoms with E-state index < -0.39 is 10.0 Å². The van der Waals surface area contributed by atoms with Gasteiger partial charge in [-0.1, -0.05) is 41.1 Å². The van der Waals surface area contributed by atoms with Crippen LogP contribution in [0.15, 0.2) is 51.9 Å². The third-order valence-electron chi connectivity index (χ3n) is 5.67. The van der Waals surface area contributed by atoms with E-state index in [1.54, 1.807) is 16.4 Å². The van der Waals surface area contributed by atoms with E-state index in [1.165, 1.54) is 5.56 Å². The maximum atomic E-state index is 13.0. The number of hydrogen-bond acceptors (Lipinski definition) is 5. The lowest BCUT2D eigenvalue weighted by Crippen LogP contribution is -2.38. The fraction of sp³-hybridized carbons (Fsp3) is 0.364. The fourth-order valence-electron chi connectivity index (χ4n) is 3.59. The lowest BCUT2D eigenvalue weighted by Gasteiger charge is -2.29. The average Bonchev–Trinajstić information content (AvgIpc) is 3.21. The average molecular weight is 412 g/mol. The van der Waals surface area contributed by atoms with Crippen molar-refractivity contribution in [2.75, 3.05) is 13.1 Å². The first-order valence-electron chi connectivity index (χ1n) is 9.82. The Morgan fingerprint density at radius 1 is 0.966 bits per heavy atom. The van der Waals surface area contributed by atoms with E-state index in [-0.39, 0.29) is 5.92 Å². The van der Waals surface area contributed by atoms with Gasteiger partial charge in [0, 0.05) is 24.6 Å². The number of hydrogen-bond donors (Lipinski definition) is 0. The maximum absolute atomic E-state index is 13.0. The summed E-state index contributed by atoms with van der Waals surface area (Å²) in [7, 11) is -3.48. The van der Waals surface area contributed by atoms with Crippen LogP contribution in [0.4, 0.5) is 0 Å². The summed E-state index contributed by atoms with van der Waals surface area (Å²) in [6.07, 6.45) is 1.33. The smallest absolute Gasteiger partial charge is 0.243 e. The Hall–Kier alpha value is -2.51. The molecule has 0 unspecified atom stereocenters. The van der Waals surface area contributed by atoms with Gasteiger partial charge in [0.15, 0.2) is 0 Å². The van der Waals surface area contributed by atoms with E-state index in [2.05, 4.69) is 10.1 Å². The highest BCUT2D eigenvalue weighted by molar-refractivity contribution is 7.89. The summed E-state index contributed by atoms with van der Waals surface area (Å²) >= 11 is 0. The topological polar surface area (TPSA) is 76.3 Å². The summed E-state index contributed by atoms with van der Waals surface area (Å²) in [4.78, 5) is 4.91. The molecule has 1 aliphatic heterocycles. The zero-order valence-corrected chi connectivity index (χ0v) is 17.7. The summed E-state index contributed by atoms with van der Waals surface area (Å²) in [5, 5.41) is 4.11. The van der Waals surface area contributed by atoms with E-state index in [1.807, 2.05) is 51.1 Å². The Kier molecular flexibility index (Phi) is 5.27. The zero-order chi connectivity index (χ0) is 20.6. The van der Waals surface area contributed by atoms with Gasteiger partial charge in [0.25, 0.3) is 0 Å².